The highest BCUT2D eigenvalue weighted by atomic mass is 32.2. The topological polar surface area (TPSA) is 56.0 Å². The molecule has 0 saturated heterocycles. The van der Waals surface area contributed by atoms with E-state index in [0.29, 0.717) is 17.3 Å². The fourth-order valence-electron chi connectivity index (χ4n) is 1.98. The van der Waals surface area contributed by atoms with Crippen molar-refractivity contribution in [1.29, 1.82) is 0 Å². The van der Waals surface area contributed by atoms with Gasteiger partial charge in [0.25, 0.3) is 0 Å². The zero-order chi connectivity index (χ0) is 14.7. The van der Waals surface area contributed by atoms with E-state index in [1.807, 2.05) is 48.7 Å². The molecule has 0 aliphatic carbocycles. The van der Waals surface area contributed by atoms with Crippen molar-refractivity contribution in [3.05, 3.63) is 58.2 Å². The molecule has 1 aromatic carbocycles. The number of benzene rings is 1. The molecule has 0 radical (unpaired) electrons. The van der Waals surface area contributed by atoms with E-state index >= 15 is 0 Å². The van der Waals surface area contributed by atoms with Gasteiger partial charge in [-0.15, -0.1) is 11.3 Å². The summed E-state index contributed by atoms with van der Waals surface area (Å²) in [5.74, 6) is 1.45. The van der Waals surface area contributed by atoms with Crippen molar-refractivity contribution < 1.29 is 8.73 Å². The van der Waals surface area contributed by atoms with Crippen molar-refractivity contribution in [2.75, 3.05) is 0 Å². The maximum absolute atomic E-state index is 12.1. The third kappa shape index (κ3) is 3.65. The molecule has 0 fully saturated rings. The Bertz CT molecular complexity index is 750. The van der Waals surface area contributed by atoms with Crippen LogP contribution in [0.15, 0.2) is 46.3 Å². The molecule has 0 N–H and O–H groups in total. The molecule has 1 atom stereocenters. The number of nitrogens with zero attached hydrogens (tertiary/aromatic N) is 2. The summed E-state index contributed by atoms with van der Waals surface area (Å²) >= 11 is 1.57. The molecule has 108 valence electrons. The molecule has 0 bridgehead atoms. The van der Waals surface area contributed by atoms with E-state index in [4.69, 9.17) is 4.52 Å². The molecule has 3 rings (SSSR count). The summed E-state index contributed by atoms with van der Waals surface area (Å²) in [7, 11) is -1.04. The Labute approximate surface area is 129 Å². The summed E-state index contributed by atoms with van der Waals surface area (Å²) in [6, 6.07) is 11.6. The lowest BCUT2D eigenvalue weighted by atomic mass is 10.1. The molecule has 0 spiro atoms. The van der Waals surface area contributed by atoms with Gasteiger partial charge in [-0.25, -0.2) is 4.98 Å². The molecule has 0 aliphatic heterocycles. The molecular formula is C15H14N2O2S2. The second-order valence-electron chi connectivity index (χ2n) is 4.63. The summed E-state index contributed by atoms with van der Waals surface area (Å²) in [6.07, 6.45) is 0. The molecule has 4 nitrogen and oxygen atoms in total. The molecule has 21 heavy (non-hydrogen) atoms. The highest BCUT2D eigenvalue weighted by Gasteiger charge is 2.11. The average Bonchev–Trinajstić information content (AvgIpc) is 3.09. The van der Waals surface area contributed by atoms with Crippen molar-refractivity contribution in [1.82, 2.24) is 10.1 Å². The molecular weight excluding hydrogens is 304 g/mol. The summed E-state index contributed by atoms with van der Waals surface area (Å²) in [5.41, 5.74) is 2.64. The van der Waals surface area contributed by atoms with Crippen molar-refractivity contribution in [3.63, 3.8) is 0 Å². The Morgan fingerprint density at radius 2 is 2.05 bits per heavy atom. The summed E-state index contributed by atoms with van der Waals surface area (Å²) in [4.78, 5) is 4.32. The third-order valence-corrected chi connectivity index (χ3v) is 4.95. The Morgan fingerprint density at radius 1 is 1.24 bits per heavy atom. The van der Waals surface area contributed by atoms with Crippen molar-refractivity contribution >= 4 is 22.1 Å². The highest BCUT2D eigenvalue weighted by Crippen LogP contribution is 2.20. The molecule has 3 aromatic rings. The van der Waals surface area contributed by atoms with Crippen molar-refractivity contribution in [3.8, 4) is 11.3 Å². The molecule has 2 heterocycles. The number of aryl methyl sites for hydroxylation is 1. The zero-order valence-corrected chi connectivity index (χ0v) is 13.1. The number of aromatic nitrogens is 2. The quantitative estimate of drug-likeness (QED) is 0.722. The minimum atomic E-state index is -1.04. The largest absolute Gasteiger partial charge is 0.360 e. The Kier molecular flexibility index (Phi) is 4.26. The van der Waals surface area contributed by atoms with Crippen LogP contribution in [-0.2, 0) is 22.3 Å². The van der Waals surface area contributed by atoms with Crippen LogP contribution in [0, 0.1) is 6.92 Å². The van der Waals surface area contributed by atoms with Crippen LogP contribution in [0.5, 0.6) is 0 Å². The van der Waals surface area contributed by atoms with Gasteiger partial charge in [-0.05, 0) is 6.92 Å². The van der Waals surface area contributed by atoms with Crippen molar-refractivity contribution in [2.45, 2.75) is 18.4 Å². The van der Waals surface area contributed by atoms with Gasteiger partial charge < -0.3 is 4.52 Å². The number of hydrogen-bond donors (Lipinski definition) is 0. The van der Waals surface area contributed by atoms with Crippen LogP contribution in [0.2, 0.25) is 0 Å². The number of thiazole rings is 1. The molecule has 6 heteroatoms. The first-order valence-corrected chi connectivity index (χ1v) is 8.84. The van der Waals surface area contributed by atoms with Crippen LogP contribution in [0.1, 0.15) is 16.5 Å². The maximum atomic E-state index is 12.1. The molecule has 0 aliphatic rings. The van der Waals surface area contributed by atoms with E-state index in [9.17, 15) is 4.21 Å². The SMILES string of the molecule is Cc1nc(C[S@](=O)Cc2cc(-c3ccccc3)no2)cs1. The minimum Gasteiger partial charge on any atom is -0.360 e. The standard InChI is InChI=1S/C15H14N2O2S2/c1-11-16-13(8-20-11)9-21(18)10-14-7-15(17-19-14)12-5-3-2-4-6-12/h2-8H,9-10H2,1H3/t21-/m0/s1. The van der Waals surface area contributed by atoms with Crippen molar-refractivity contribution in [2.24, 2.45) is 0 Å². The second-order valence-corrected chi connectivity index (χ2v) is 7.15. The maximum Gasteiger partial charge on any atom is 0.149 e. The van der Waals surface area contributed by atoms with E-state index in [1.165, 1.54) is 0 Å². The average molecular weight is 318 g/mol. The van der Waals surface area contributed by atoms with Gasteiger partial charge in [-0.3, -0.25) is 4.21 Å². The van der Waals surface area contributed by atoms with Gasteiger partial charge in [0.15, 0.2) is 0 Å². The van der Waals surface area contributed by atoms with E-state index in [-0.39, 0.29) is 0 Å². The summed E-state index contributed by atoms with van der Waals surface area (Å²) in [6.45, 7) is 1.94. The third-order valence-electron chi connectivity index (χ3n) is 2.91. The first kappa shape index (κ1) is 14.2. The smallest absolute Gasteiger partial charge is 0.149 e. The van der Waals surface area contributed by atoms with Crippen LogP contribution in [0.4, 0.5) is 0 Å². The Hall–Kier alpha value is -1.79. The molecule has 0 amide bonds. The molecule has 0 saturated carbocycles. The predicted molar refractivity (Wildman–Crippen MR) is 84.3 cm³/mol. The van der Waals surface area contributed by atoms with Gasteiger partial charge in [-0.2, -0.15) is 0 Å². The second kappa shape index (κ2) is 6.32. The lowest BCUT2D eigenvalue weighted by molar-refractivity contribution is 0.396. The summed E-state index contributed by atoms with van der Waals surface area (Å²) < 4.78 is 17.4. The van der Waals surface area contributed by atoms with E-state index in [2.05, 4.69) is 10.1 Å². The Morgan fingerprint density at radius 3 is 2.76 bits per heavy atom. The van der Waals surface area contributed by atoms with Gasteiger partial charge in [0.1, 0.15) is 11.5 Å². The predicted octanol–water partition coefficient (Wildman–Crippen LogP) is 3.56. The number of rotatable bonds is 5. The van der Waals surface area contributed by atoms with Crippen LogP contribution in [0.3, 0.4) is 0 Å². The van der Waals surface area contributed by atoms with Gasteiger partial charge in [0.2, 0.25) is 0 Å². The lowest BCUT2D eigenvalue weighted by Gasteiger charge is -1.96. The summed E-state index contributed by atoms with van der Waals surface area (Å²) in [5, 5.41) is 6.97. The van der Waals surface area contributed by atoms with E-state index in [0.717, 1.165) is 22.0 Å². The molecule has 0 unspecified atom stereocenters. The lowest BCUT2D eigenvalue weighted by Crippen LogP contribution is -1.99. The van der Waals surface area contributed by atoms with Gasteiger partial charge in [0, 0.05) is 27.8 Å². The van der Waals surface area contributed by atoms with Gasteiger partial charge in [0.05, 0.1) is 22.2 Å². The van der Waals surface area contributed by atoms with Crippen LogP contribution in [-0.4, -0.2) is 14.3 Å². The molecule has 2 aromatic heterocycles. The zero-order valence-electron chi connectivity index (χ0n) is 11.5. The van der Waals surface area contributed by atoms with Crippen LogP contribution < -0.4 is 0 Å². The normalized spacial score (nSPS) is 12.4. The highest BCUT2D eigenvalue weighted by molar-refractivity contribution is 7.83. The fraction of sp³-hybridized carbons (Fsp3) is 0.200. The first-order chi connectivity index (χ1) is 10.2. The number of hydrogen-bond acceptors (Lipinski definition) is 5. The van der Waals surface area contributed by atoms with E-state index in [1.54, 1.807) is 11.3 Å². The van der Waals surface area contributed by atoms with Gasteiger partial charge in [-0.1, -0.05) is 35.5 Å². The first-order valence-electron chi connectivity index (χ1n) is 6.48. The Balaban J connectivity index is 1.66. The van der Waals surface area contributed by atoms with E-state index < -0.39 is 10.8 Å². The monoisotopic (exact) mass is 318 g/mol. The van der Waals surface area contributed by atoms with Gasteiger partial charge >= 0.3 is 0 Å². The van der Waals surface area contributed by atoms with Crippen LogP contribution >= 0.6 is 11.3 Å². The minimum absolute atomic E-state index is 0.358. The fourth-order valence-corrected chi connectivity index (χ4v) is 3.73. The van der Waals surface area contributed by atoms with Crippen LogP contribution in [0.25, 0.3) is 11.3 Å².